The first-order valence-electron chi connectivity index (χ1n) is 5.29. The molecule has 16 heavy (non-hydrogen) atoms. The number of nitrogens with zero attached hydrogens (tertiary/aromatic N) is 1. The molecule has 1 aromatic carbocycles. The molecule has 84 valence electrons. The van der Waals surface area contributed by atoms with Gasteiger partial charge in [0, 0.05) is 11.5 Å². The van der Waals surface area contributed by atoms with Gasteiger partial charge in [0.1, 0.15) is 11.7 Å². The Morgan fingerprint density at radius 3 is 2.62 bits per heavy atom. The molecule has 2 atom stereocenters. The molecule has 0 spiro atoms. The van der Waals surface area contributed by atoms with Crippen LogP contribution in [0, 0.1) is 23.1 Å². The molecule has 2 nitrogen and oxygen atoms in total. The lowest BCUT2D eigenvalue weighted by Crippen LogP contribution is -2.19. The van der Waals surface area contributed by atoms with Crippen molar-refractivity contribution in [3.63, 3.8) is 0 Å². The zero-order valence-electron chi connectivity index (χ0n) is 9.40. The number of carbonyl (C=O) groups excluding carboxylic acids is 1. The maximum absolute atomic E-state index is 13.5. The number of halogens is 1. The highest BCUT2D eigenvalue weighted by Crippen LogP contribution is 2.23. The molecule has 0 saturated carbocycles. The van der Waals surface area contributed by atoms with E-state index < -0.39 is 11.7 Å². The summed E-state index contributed by atoms with van der Waals surface area (Å²) < 4.78 is 13.5. The maximum atomic E-state index is 13.5. The van der Waals surface area contributed by atoms with E-state index >= 15 is 0 Å². The van der Waals surface area contributed by atoms with Crippen molar-refractivity contribution in [1.82, 2.24) is 0 Å². The fraction of sp³-hybridized carbons (Fsp3) is 0.385. The molecular weight excluding hydrogens is 205 g/mol. The Kier molecular flexibility index (Phi) is 4.19. The molecule has 0 heterocycles. The third-order valence-corrected chi connectivity index (χ3v) is 2.73. The lowest BCUT2D eigenvalue weighted by molar-refractivity contribution is -0.122. The Balaban J connectivity index is 3.05. The van der Waals surface area contributed by atoms with Crippen LogP contribution in [0.25, 0.3) is 0 Å². The van der Waals surface area contributed by atoms with E-state index in [1.54, 1.807) is 19.1 Å². The van der Waals surface area contributed by atoms with Gasteiger partial charge in [0.2, 0.25) is 0 Å². The van der Waals surface area contributed by atoms with Crippen molar-refractivity contribution in [2.45, 2.75) is 26.2 Å². The van der Waals surface area contributed by atoms with Gasteiger partial charge in [-0.05, 0) is 12.5 Å². The summed E-state index contributed by atoms with van der Waals surface area (Å²) >= 11 is 0. The summed E-state index contributed by atoms with van der Waals surface area (Å²) in [5, 5.41) is 8.98. The van der Waals surface area contributed by atoms with Gasteiger partial charge in [-0.25, -0.2) is 4.39 Å². The summed E-state index contributed by atoms with van der Waals surface area (Å²) in [5.74, 6) is -1.92. The Morgan fingerprint density at radius 1 is 1.50 bits per heavy atom. The van der Waals surface area contributed by atoms with Crippen molar-refractivity contribution in [2.75, 3.05) is 0 Å². The molecule has 3 heteroatoms. The first-order valence-corrected chi connectivity index (χ1v) is 5.29. The summed E-state index contributed by atoms with van der Waals surface area (Å²) in [4.78, 5) is 11.9. The summed E-state index contributed by atoms with van der Waals surface area (Å²) in [5.41, 5.74) is 0.176. The summed E-state index contributed by atoms with van der Waals surface area (Å²) in [6.07, 6.45) is 0.658. The molecule has 0 bridgehead atoms. The Hall–Kier alpha value is -1.69. The van der Waals surface area contributed by atoms with E-state index in [4.69, 9.17) is 5.26 Å². The van der Waals surface area contributed by atoms with Gasteiger partial charge in [0.25, 0.3) is 0 Å². The minimum absolute atomic E-state index is 0.176. The van der Waals surface area contributed by atoms with E-state index in [0.29, 0.717) is 6.42 Å². The number of hydrogen-bond donors (Lipinski definition) is 0. The topological polar surface area (TPSA) is 40.9 Å². The molecule has 0 N–H and O–H groups in total. The number of ketones is 1. The number of Topliss-reactive ketones (excluding diaryl/α,β-unsaturated/α-hetero) is 1. The zero-order chi connectivity index (χ0) is 12.1. The highest BCUT2D eigenvalue weighted by Gasteiger charge is 2.26. The van der Waals surface area contributed by atoms with Gasteiger partial charge in [-0.1, -0.05) is 32.0 Å². The smallest absolute Gasteiger partial charge is 0.157 e. The quantitative estimate of drug-likeness (QED) is 0.780. The van der Waals surface area contributed by atoms with Gasteiger partial charge in [0.15, 0.2) is 5.78 Å². The first kappa shape index (κ1) is 12.4. The fourth-order valence-corrected chi connectivity index (χ4v) is 1.48. The van der Waals surface area contributed by atoms with Crippen LogP contribution in [0.3, 0.4) is 0 Å². The lowest BCUT2D eigenvalue weighted by Gasteiger charge is -2.13. The third kappa shape index (κ3) is 2.46. The zero-order valence-corrected chi connectivity index (χ0v) is 9.40. The average Bonchev–Trinajstić information content (AvgIpc) is 2.31. The summed E-state index contributed by atoms with van der Waals surface area (Å²) in [6, 6.07) is 7.82. The molecule has 0 aliphatic carbocycles. The van der Waals surface area contributed by atoms with Crippen molar-refractivity contribution in [1.29, 1.82) is 5.26 Å². The number of nitriles is 1. The standard InChI is InChI=1S/C13H14FNO/c1-3-9(2)13(16)11(8-15)10-6-4-5-7-12(10)14/h4-7,9,11H,3H2,1-2H3. The van der Waals surface area contributed by atoms with E-state index in [1.165, 1.54) is 12.1 Å². The van der Waals surface area contributed by atoms with Gasteiger partial charge in [0.05, 0.1) is 6.07 Å². The average molecular weight is 219 g/mol. The second kappa shape index (κ2) is 5.41. The second-order valence-electron chi connectivity index (χ2n) is 3.80. The van der Waals surface area contributed by atoms with Crippen molar-refractivity contribution in [3.05, 3.63) is 35.6 Å². The van der Waals surface area contributed by atoms with Crippen LogP contribution < -0.4 is 0 Å². The Bertz CT molecular complexity index is 422. The molecule has 1 aromatic rings. The van der Waals surface area contributed by atoms with Crippen LogP contribution in [0.5, 0.6) is 0 Å². The van der Waals surface area contributed by atoms with E-state index in [9.17, 15) is 9.18 Å². The Labute approximate surface area is 94.7 Å². The molecule has 0 saturated heterocycles. The van der Waals surface area contributed by atoms with Crippen LogP contribution in [-0.4, -0.2) is 5.78 Å². The number of rotatable bonds is 4. The Morgan fingerprint density at radius 2 is 2.12 bits per heavy atom. The van der Waals surface area contributed by atoms with Crippen molar-refractivity contribution in [2.24, 2.45) is 5.92 Å². The first-order chi connectivity index (χ1) is 7.61. The molecular formula is C13H14FNO. The normalized spacial score (nSPS) is 13.9. The van der Waals surface area contributed by atoms with Crippen LogP contribution >= 0.6 is 0 Å². The molecule has 1 rings (SSSR count). The minimum atomic E-state index is -0.990. The van der Waals surface area contributed by atoms with Crippen LogP contribution in [0.4, 0.5) is 4.39 Å². The van der Waals surface area contributed by atoms with Gasteiger partial charge in [-0.2, -0.15) is 5.26 Å². The van der Waals surface area contributed by atoms with E-state index in [0.717, 1.165) is 0 Å². The predicted molar refractivity (Wildman–Crippen MR) is 59.2 cm³/mol. The van der Waals surface area contributed by atoms with E-state index in [1.807, 2.05) is 13.0 Å². The summed E-state index contributed by atoms with van der Waals surface area (Å²) in [6.45, 7) is 3.63. The van der Waals surface area contributed by atoms with Crippen LogP contribution in [0.15, 0.2) is 24.3 Å². The monoisotopic (exact) mass is 219 g/mol. The molecule has 2 unspecified atom stereocenters. The minimum Gasteiger partial charge on any atom is -0.298 e. The molecule has 0 aromatic heterocycles. The fourth-order valence-electron chi connectivity index (χ4n) is 1.48. The van der Waals surface area contributed by atoms with Crippen molar-refractivity contribution < 1.29 is 9.18 Å². The highest BCUT2D eigenvalue weighted by molar-refractivity contribution is 5.90. The molecule has 0 aliphatic rings. The van der Waals surface area contributed by atoms with Crippen LogP contribution in [0.1, 0.15) is 31.7 Å². The number of hydrogen-bond acceptors (Lipinski definition) is 2. The maximum Gasteiger partial charge on any atom is 0.157 e. The molecule has 0 amide bonds. The second-order valence-corrected chi connectivity index (χ2v) is 3.80. The number of benzene rings is 1. The van der Waals surface area contributed by atoms with Gasteiger partial charge in [-0.15, -0.1) is 0 Å². The lowest BCUT2D eigenvalue weighted by atomic mass is 9.88. The van der Waals surface area contributed by atoms with Crippen LogP contribution in [-0.2, 0) is 4.79 Å². The van der Waals surface area contributed by atoms with E-state index in [-0.39, 0.29) is 17.3 Å². The largest absolute Gasteiger partial charge is 0.298 e. The van der Waals surface area contributed by atoms with Gasteiger partial charge in [-0.3, -0.25) is 4.79 Å². The SMILES string of the molecule is CCC(C)C(=O)C(C#N)c1ccccc1F. The molecule has 0 aliphatic heterocycles. The third-order valence-electron chi connectivity index (χ3n) is 2.73. The van der Waals surface area contributed by atoms with E-state index in [2.05, 4.69) is 0 Å². The van der Waals surface area contributed by atoms with Gasteiger partial charge >= 0.3 is 0 Å². The van der Waals surface area contributed by atoms with Crippen molar-refractivity contribution in [3.8, 4) is 6.07 Å². The van der Waals surface area contributed by atoms with Gasteiger partial charge < -0.3 is 0 Å². The number of carbonyl (C=O) groups is 1. The predicted octanol–water partition coefficient (Wildman–Crippen LogP) is 3.05. The molecule has 0 fully saturated rings. The van der Waals surface area contributed by atoms with Crippen molar-refractivity contribution >= 4 is 5.78 Å². The molecule has 0 radical (unpaired) electrons. The summed E-state index contributed by atoms with van der Waals surface area (Å²) in [7, 11) is 0. The van der Waals surface area contributed by atoms with Crippen LogP contribution in [0.2, 0.25) is 0 Å². The highest BCUT2D eigenvalue weighted by atomic mass is 19.1.